The topological polar surface area (TPSA) is 27.5 Å². The molecule has 0 radical (unpaired) electrons. The van der Waals surface area contributed by atoms with Gasteiger partial charge < -0.3 is 9.68 Å². The molecule has 0 spiro atoms. The second-order valence-corrected chi connectivity index (χ2v) is 1.15. The maximum Gasteiger partial charge on any atom is 0.0767 e. The zero-order chi connectivity index (χ0) is 3.58. The quantitative estimate of drug-likeness (QED) is 0.278. The Morgan fingerprint density at radius 2 is 2.00 bits per heavy atom. The predicted octanol–water partition coefficient (Wildman–Crippen LogP) is -1.16. The highest BCUT2D eigenvalue weighted by atomic mass is 32.1. The fourth-order valence-corrected chi connectivity index (χ4v) is 0. The van der Waals surface area contributed by atoms with Crippen molar-refractivity contribution in [3.8, 4) is 0 Å². The van der Waals surface area contributed by atoms with E-state index in [1.165, 1.54) is 7.05 Å². The summed E-state index contributed by atoms with van der Waals surface area (Å²) in [5.74, 6) is 0. The van der Waals surface area contributed by atoms with Crippen LogP contribution in [0.25, 0.3) is 0 Å². The van der Waals surface area contributed by atoms with Crippen molar-refractivity contribution in [2.75, 3.05) is 7.05 Å². The van der Waals surface area contributed by atoms with Crippen LogP contribution in [0.3, 0.4) is 0 Å². The summed E-state index contributed by atoms with van der Waals surface area (Å²) >= 11 is 3.33. The standard InChI is InChI=1S/CH5NOS/c1-2(3)4/h2,4H,1H3. The van der Waals surface area contributed by atoms with Gasteiger partial charge in [0.15, 0.2) is 0 Å². The molecule has 0 heterocycles. The summed E-state index contributed by atoms with van der Waals surface area (Å²) in [5.41, 5.74) is 0. The van der Waals surface area contributed by atoms with Crippen LogP contribution in [0.2, 0.25) is 0 Å². The lowest BCUT2D eigenvalue weighted by molar-refractivity contribution is -0.662. The van der Waals surface area contributed by atoms with Gasteiger partial charge in [-0.25, -0.2) is 0 Å². The van der Waals surface area contributed by atoms with Crippen LogP contribution in [0.5, 0.6) is 0 Å². The van der Waals surface area contributed by atoms with Crippen LogP contribution in [0, 0.1) is 5.21 Å². The van der Waals surface area contributed by atoms with Crippen LogP contribution in [0.4, 0.5) is 0 Å². The molecule has 0 aliphatic rings. The normalized spacial score (nSPS) is 15.8. The van der Waals surface area contributed by atoms with Gasteiger partial charge in [-0.1, -0.05) is 0 Å². The predicted molar refractivity (Wildman–Crippen MR) is 19.2 cm³/mol. The highest BCUT2D eigenvalue weighted by Gasteiger charge is 1.52. The summed E-state index contributed by atoms with van der Waals surface area (Å²) in [6, 6.07) is 0. The third-order valence-corrected chi connectivity index (χ3v) is 0. The molecule has 0 amide bonds. The Labute approximate surface area is 30.5 Å². The Morgan fingerprint density at radius 3 is 2.00 bits per heavy atom. The van der Waals surface area contributed by atoms with Crippen molar-refractivity contribution in [3.63, 3.8) is 0 Å². The van der Waals surface area contributed by atoms with E-state index in [0.29, 0.717) is 0 Å². The molecule has 1 atom stereocenters. The van der Waals surface area contributed by atoms with E-state index in [1.807, 2.05) is 0 Å². The van der Waals surface area contributed by atoms with Gasteiger partial charge in [0, 0.05) is 0 Å². The first-order valence-corrected chi connectivity index (χ1v) is 1.37. The first kappa shape index (κ1) is 4.27. The summed E-state index contributed by atoms with van der Waals surface area (Å²) < 4.78 is -0.139. The highest BCUT2D eigenvalue weighted by molar-refractivity contribution is 7.73. The SMILES string of the molecule is C[NH+]([O-])S. The molecular formula is CH5NOS. The molecule has 0 aliphatic carbocycles. The largest absolute Gasteiger partial charge is 0.622 e. The number of thiol groups is 1. The van der Waals surface area contributed by atoms with E-state index >= 15 is 0 Å². The van der Waals surface area contributed by atoms with Crippen LogP contribution >= 0.6 is 12.8 Å². The van der Waals surface area contributed by atoms with Gasteiger partial charge in [-0.3, -0.25) is 0 Å². The average Bonchev–Trinajstić information content (AvgIpc) is 0.811. The molecule has 0 fully saturated rings. The molecular weight excluding hydrogens is 74.1 g/mol. The van der Waals surface area contributed by atoms with Crippen LogP contribution in [0.15, 0.2) is 0 Å². The summed E-state index contributed by atoms with van der Waals surface area (Å²) in [7, 11) is 1.39. The molecule has 0 aromatic heterocycles. The van der Waals surface area contributed by atoms with Gasteiger partial charge in [0.25, 0.3) is 0 Å². The van der Waals surface area contributed by atoms with E-state index < -0.39 is 0 Å². The van der Waals surface area contributed by atoms with E-state index in [1.54, 1.807) is 0 Å². The van der Waals surface area contributed by atoms with Crippen molar-refractivity contribution in [1.29, 1.82) is 0 Å². The van der Waals surface area contributed by atoms with Crippen LogP contribution < -0.4 is 4.47 Å². The Morgan fingerprint density at radius 1 is 2.00 bits per heavy atom. The number of hydrogen-bond donors (Lipinski definition) is 2. The molecule has 0 rings (SSSR count). The molecule has 0 aliphatic heterocycles. The van der Waals surface area contributed by atoms with E-state index in [2.05, 4.69) is 12.8 Å². The second-order valence-electron chi connectivity index (χ2n) is 0.519. The average molecular weight is 79.1 g/mol. The van der Waals surface area contributed by atoms with Gasteiger partial charge in [-0.2, -0.15) is 0 Å². The molecule has 1 unspecified atom stereocenters. The molecule has 4 heavy (non-hydrogen) atoms. The number of quaternary nitrogens is 1. The lowest BCUT2D eigenvalue weighted by Crippen LogP contribution is -2.93. The third kappa shape index (κ3) is 50.2. The minimum absolute atomic E-state index is 0.139. The van der Waals surface area contributed by atoms with Crippen molar-refractivity contribution < 1.29 is 4.47 Å². The zero-order valence-corrected chi connectivity index (χ0v) is 3.25. The van der Waals surface area contributed by atoms with Crippen molar-refractivity contribution in [2.45, 2.75) is 0 Å². The fraction of sp³-hybridized carbons (Fsp3) is 1.00. The van der Waals surface area contributed by atoms with Crippen molar-refractivity contribution in [2.24, 2.45) is 0 Å². The monoisotopic (exact) mass is 79.0 g/mol. The third-order valence-electron chi connectivity index (χ3n) is 0. The van der Waals surface area contributed by atoms with Gasteiger partial charge in [-0.05, 0) is 0 Å². The smallest absolute Gasteiger partial charge is 0.0767 e. The van der Waals surface area contributed by atoms with Crippen LogP contribution in [-0.2, 0) is 0 Å². The maximum absolute atomic E-state index is 9.31. The molecule has 26 valence electrons. The summed E-state index contributed by atoms with van der Waals surface area (Å²) in [4.78, 5) is 0. The minimum atomic E-state index is -0.139. The second kappa shape index (κ2) is 1.58. The van der Waals surface area contributed by atoms with Gasteiger partial charge >= 0.3 is 0 Å². The molecule has 0 aromatic carbocycles. The lowest BCUT2D eigenvalue weighted by atomic mass is 11.6. The van der Waals surface area contributed by atoms with Gasteiger partial charge in [0.2, 0.25) is 0 Å². The first-order valence-electron chi connectivity index (χ1n) is 0.928. The van der Waals surface area contributed by atoms with Crippen molar-refractivity contribution in [1.82, 2.24) is 0 Å². The Bertz CT molecular complexity index is 12.8. The molecule has 3 heteroatoms. The molecule has 2 nitrogen and oxygen atoms in total. The molecule has 0 saturated carbocycles. The Kier molecular flexibility index (Phi) is 1.68. The summed E-state index contributed by atoms with van der Waals surface area (Å²) in [6.07, 6.45) is 0. The van der Waals surface area contributed by atoms with Crippen molar-refractivity contribution >= 4 is 12.8 Å². The number of nitrogens with one attached hydrogen (secondary N) is 1. The van der Waals surface area contributed by atoms with E-state index in [0.717, 1.165) is 0 Å². The first-order chi connectivity index (χ1) is 1.73. The lowest BCUT2D eigenvalue weighted by Gasteiger charge is -2.00. The van der Waals surface area contributed by atoms with Crippen LogP contribution in [-0.4, -0.2) is 7.05 Å². The van der Waals surface area contributed by atoms with Gasteiger partial charge in [-0.15, -0.1) is 0 Å². The Balaban J connectivity index is 2.32. The summed E-state index contributed by atoms with van der Waals surface area (Å²) in [5, 5.41) is 9.31. The molecule has 0 aromatic rings. The van der Waals surface area contributed by atoms with Crippen molar-refractivity contribution in [3.05, 3.63) is 5.21 Å². The maximum atomic E-state index is 9.31. The summed E-state index contributed by atoms with van der Waals surface area (Å²) in [6.45, 7) is 0. The number of hydrogen-bond acceptors (Lipinski definition) is 2. The molecule has 0 bridgehead atoms. The Hall–Kier alpha value is 0.270. The number of rotatable bonds is 0. The highest BCUT2D eigenvalue weighted by Crippen LogP contribution is 1.25. The zero-order valence-electron chi connectivity index (χ0n) is 2.36. The molecule has 1 N–H and O–H groups in total. The van der Waals surface area contributed by atoms with E-state index in [4.69, 9.17) is 0 Å². The molecule has 0 saturated heterocycles. The van der Waals surface area contributed by atoms with Gasteiger partial charge in [0.1, 0.15) is 0 Å². The minimum Gasteiger partial charge on any atom is -0.622 e. The fourth-order valence-electron chi connectivity index (χ4n) is 0. The van der Waals surface area contributed by atoms with E-state index in [9.17, 15) is 5.21 Å². The van der Waals surface area contributed by atoms with Crippen LogP contribution in [0.1, 0.15) is 0 Å². The number of hydroxylamine groups is 1. The van der Waals surface area contributed by atoms with Gasteiger partial charge in [0.05, 0.1) is 19.9 Å². The van der Waals surface area contributed by atoms with E-state index in [-0.39, 0.29) is 4.47 Å².